The molecule has 0 spiro atoms. The van der Waals surface area contributed by atoms with Crippen LogP contribution in [0.5, 0.6) is 0 Å². The predicted octanol–water partition coefficient (Wildman–Crippen LogP) is 3.90. The number of benzene rings is 1. The molecule has 1 atom stereocenters. The molecule has 0 aliphatic rings. The summed E-state index contributed by atoms with van der Waals surface area (Å²) in [6, 6.07) is 1.97. The first-order chi connectivity index (χ1) is 9.20. The topological polar surface area (TPSA) is 42.6 Å². The average Bonchev–Trinajstić information content (AvgIpc) is 2.63. The van der Waals surface area contributed by atoms with Gasteiger partial charge in [-0.3, -0.25) is 0 Å². The van der Waals surface area contributed by atoms with E-state index in [4.69, 9.17) is 4.42 Å². The minimum atomic E-state index is -1.44. The van der Waals surface area contributed by atoms with Crippen LogP contribution in [0.15, 0.2) is 20.9 Å². The Hall–Kier alpha value is -1.56. The van der Waals surface area contributed by atoms with Crippen LogP contribution < -0.4 is 0 Å². The Bertz CT molecular complexity index is 714. The molecule has 0 amide bonds. The van der Waals surface area contributed by atoms with Crippen molar-refractivity contribution in [1.82, 2.24) is 0 Å². The van der Waals surface area contributed by atoms with Crippen LogP contribution in [0.1, 0.15) is 32.1 Å². The van der Waals surface area contributed by atoms with Crippen molar-refractivity contribution in [2.24, 2.45) is 4.40 Å². The number of fused-ring (bicyclic) bond motifs is 1. The van der Waals surface area contributed by atoms with E-state index in [0.29, 0.717) is 10.9 Å². The third-order valence-electron chi connectivity index (χ3n) is 2.78. The van der Waals surface area contributed by atoms with E-state index in [0.717, 1.165) is 6.07 Å². The molecule has 2 rings (SSSR count). The van der Waals surface area contributed by atoms with Gasteiger partial charge in [-0.1, -0.05) is 0 Å². The average molecular weight is 299 g/mol. The Kier molecular flexibility index (Phi) is 3.77. The highest BCUT2D eigenvalue weighted by Crippen LogP contribution is 2.27. The van der Waals surface area contributed by atoms with Gasteiger partial charge in [-0.2, -0.15) is 4.40 Å². The lowest BCUT2D eigenvalue weighted by molar-refractivity contribution is 0.543. The van der Waals surface area contributed by atoms with Gasteiger partial charge < -0.3 is 4.42 Å². The Morgan fingerprint density at radius 2 is 1.95 bits per heavy atom. The molecular formula is C14H15F2NO2S. The van der Waals surface area contributed by atoms with Crippen molar-refractivity contribution in [2.75, 3.05) is 0 Å². The van der Waals surface area contributed by atoms with E-state index in [1.54, 1.807) is 27.7 Å². The summed E-state index contributed by atoms with van der Waals surface area (Å²) >= 11 is 0. The van der Waals surface area contributed by atoms with Gasteiger partial charge in [-0.25, -0.2) is 13.0 Å². The quantitative estimate of drug-likeness (QED) is 0.789. The van der Waals surface area contributed by atoms with Gasteiger partial charge in [-0.15, -0.1) is 0 Å². The second-order valence-electron chi connectivity index (χ2n) is 5.45. The summed E-state index contributed by atoms with van der Waals surface area (Å²) in [6.45, 7) is 7.05. The lowest BCUT2D eigenvalue weighted by atomic mass is 10.1. The third-order valence-corrected chi connectivity index (χ3v) is 4.13. The van der Waals surface area contributed by atoms with E-state index in [1.807, 2.05) is 0 Å². The molecule has 1 aromatic carbocycles. The predicted molar refractivity (Wildman–Crippen MR) is 76.4 cm³/mol. The van der Waals surface area contributed by atoms with Gasteiger partial charge in [0.2, 0.25) is 0 Å². The second-order valence-corrected chi connectivity index (χ2v) is 7.39. The SMILES string of the molecule is Cc1c(/C=N/[S@@](=O)C(C)(C)C)oc2c(F)cc(F)cc12. The van der Waals surface area contributed by atoms with Crippen molar-refractivity contribution in [3.05, 3.63) is 35.1 Å². The molecule has 20 heavy (non-hydrogen) atoms. The van der Waals surface area contributed by atoms with Crippen molar-refractivity contribution in [1.29, 1.82) is 0 Å². The second kappa shape index (κ2) is 5.09. The van der Waals surface area contributed by atoms with Crippen LogP contribution >= 0.6 is 0 Å². The van der Waals surface area contributed by atoms with Crippen LogP contribution in [-0.4, -0.2) is 15.2 Å². The van der Waals surface area contributed by atoms with Gasteiger partial charge >= 0.3 is 0 Å². The summed E-state index contributed by atoms with van der Waals surface area (Å²) in [7, 11) is -1.44. The normalized spacial score (nSPS) is 14.3. The summed E-state index contributed by atoms with van der Waals surface area (Å²) < 4.78 is 47.3. The zero-order chi connectivity index (χ0) is 15.1. The number of nitrogens with zero attached hydrogens (tertiary/aromatic N) is 1. The summed E-state index contributed by atoms with van der Waals surface area (Å²) in [5.74, 6) is -1.15. The maximum atomic E-state index is 13.6. The van der Waals surface area contributed by atoms with Crippen molar-refractivity contribution in [3.8, 4) is 0 Å². The fourth-order valence-electron chi connectivity index (χ4n) is 1.64. The van der Waals surface area contributed by atoms with Crippen LogP contribution in [0.4, 0.5) is 8.78 Å². The molecule has 3 nitrogen and oxygen atoms in total. The monoisotopic (exact) mass is 299 g/mol. The molecule has 1 heterocycles. The van der Waals surface area contributed by atoms with Crippen LogP contribution in [-0.2, 0) is 11.0 Å². The van der Waals surface area contributed by atoms with Gasteiger partial charge in [0.05, 0.1) is 11.0 Å². The molecule has 0 saturated heterocycles. The van der Waals surface area contributed by atoms with Crippen molar-refractivity contribution < 1.29 is 17.4 Å². The van der Waals surface area contributed by atoms with Crippen molar-refractivity contribution in [3.63, 3.8) is 0 Å². The number of halogens is 2. The van der Waals surface area contributed by atoms with Crippen molar-refractivity contribution in [2.45, 2.75) is 32.4 Å². The first kappa shape index (κ1) is 14.8. The number of aryl methyl sites for hydroxylation is 1. The molecule has 1 aromatic heterocycles. The molecule has 0 bridgehead atoms. The third kappa shape index (κ3) is 2.80. The molecule has 0 radical (unpaired) electrons. The highest BCUT2D eigenvalue weighted by Gasteiger charge is 2.19. The summed E-state index contributed by atoms with van der Waals surface area (Å²) in [4.78, 5) is 0. The van der Waals surface area contributed by atoms with Crippen LogP contribution in [0.2, 0.25) is 0 Å². The molecule has 0 aliphatic heterocycles. The zero-order valence-electron chi connectivity index (χ0n) is 11.7. The molecule has 0 saturated carbocycles. The van der Waals surface area contributed by atoms with E-state index in [-0.39, 0.29) is 11.3 Å². The molecule has 108 valence electrons. The Morgan fingerprint density at radius 1 is 1.30 bits per heavy atom. The van der Waals surface area contributed by atoms with Gasteiger partial charge in [0, 0.05) is 17.0 Å². The van der Waals surface area contributed by atoms with Gasteiger partial charge in [0.15, 0.2) is 11.4 Å². The number of hydrogen-bond acceptors (Lipinski definition) is 2. The minimum Gasteiger partial charge on any atom is -0.452 e. The number of rotatable bonds is 2. The Morgan fingerprint density at radius 3 is 2.55 bits per heavy atom. The highest BCUT2D eigenvalue weighted by molar-refractivity contribution is 7.85. The maximum Gasteiger partial charge on any atom is 0.170 e. The number of hydrogen-bond donors (Lipinski definition) is 0. The molecule has 6 heteroatoms. The maximum absolute atomic E-state index is 13.6. The van der Waals surface area contributed by atoms with Crippen LogP contribution in [0.3, 0.4) is 0 Å². The molecule has 0 unspecified atom stereocenters. The van der Waals surface area contributed by atoms with Crippen LogP contribution in [0.25, 0.3) is 11.0 Å². The summed E-state index contributed by atoms with van der Waals surface area (Å²) in [5.41, 5.74) is 0.542. The fourth-order valence-corrected chi connectivity index (χ4v) is 2.15. The minimum absolute atomic E-state index is 0.0214. The van der Waals surface area contributed by atoms with E-state index >= 15 is 0 Å². The standard InChI is InChI=1S/C14H15F2NO2S/c1-8-10-5-9(15)6-11(16)13(10)19-12(8)7-17-20(18)14(2,3)4/h5-7H,1-4H3/b17-7+/t20-/m0/s1. The van der Waals surface area contributed by atoms with E-state index in [1.165, 1.54) is 12.3 Å². The molecule has 0 aliphatic carbocycles. The molecule has 0 N–H and O–H groups in total. The smallest absolute Gasteiger partial charge is 0.170 e. The summed E-state index contributed by atoms with van der Waals surface area (Å²) in [6.07, 6.45) is 1.30. The lowest BCUT2D eigenvalue weighted by Gasteiger charge is -2.12. The lowest BCUT2D eigenvalue weighted by Crippen LogP contribution is -2.19. The Labute approximate surface area is 118 Å². The largest absolute Gasteiger partial charge is 0.452 e. The van der Waals surface area contributed by atoms with Crippen LogP contribution in [0, 0.1) is 18.6 Å². The van der Waals surface area contributed by atoms with Gasteiger partial charge in [-0.05, 0) is 33.8 Å². The zero-order valence-corrected chi connectivity index (χ0v) is 12.5. The van der Waals surface area contributed by atoms with Gasteiger partial charge in [0.1, 0.15) is 22.6 Å². The van der Waals surface area contributed by atoms with E-state index in [9.17, 15) is 13.0 Å². The number of furan rings is 1. The highest BCUT2D eigenvalue weighted by atomic mass is 32.2. The van der Waals surface area contributed by atoms with E-state index in [2.05, 4.69) is 4.40 Å². The Balaban J connectivity index is 2.47. The van der Waals surface area contributed by atoms with Gasteiger partial charge in [0.25, 0.3) is 0 Å². The first-order valence-corrected chi connectivity index (χ1v) is 7.15. The fraction of sp³-hybridized carbons (Fsp3) is 0.357. The summed E-state index contributed by atoms with van der Waals surface area (Å²) in [5, 5.41) is 0.352. The first-order valence-electron chi connectivity index (χ1n) is 6.04. The van der Waals surface area contributed by atoms with Crippen molar-refractivity contribution >= 4 is 28.2 Å². The molecular weight excluding hydrogens is 284 g/mol. The molecule has 2 aromatic rings. The van der Waals surface area contributed by atoms with E-state index < -0.39 is 27.4 Å². The molecule has 0 fully saturated rings.